The Hall–Kier alpha value is -2.83. The van der Waals surface area contributed by atoms with Crippen molar-refractivity contribution in [3.63, 3.8) is 0 Å². The number of oxazole rings is 1. The van der Waals surface area contributed by atoms with Gasteiger partial charge in [0.2, 0.25) is 5.91 Å². The zero-order chi connectivity index (χ0) is 20.2. The van der Waals surface area contributed by atoms with Gasteiger partial charge in [-0.15, -0.1) is 0 Å². The number of rotatable bonds is 6. The molecule has 0 radical (unpaired) electrons. The lowest BCUT2D eigenvalue weighted by Crippen LogP contribution is -2.39. The average Bonchev–Trinajstić information content (AvgIpc) is 3.18. The lowest BCUT2D eigenvalue weighted by Gasteiger charge is -2.32. The zero-order valence-electron chi connectivity index (χ0n) is 16.6. The maximum atomic E-state index is 12.7. The number of hydrogen-bond acceptors (Lipinski definition) is 5. The lowest BCUT2D eigenvalue weighted by molar-refractivity contribution is -0.131. The smallest absolute Gasteiger partial charge is 0.228 e. The zero-order valence-corrected chi connectivity index (χ0v) is 16.6. The molecule has 3 aromatic rings. The molecule has 7 heteroatoms. The molecule has 1 aliphatic heterocycles. The molecule has 1 fully saturated rings. The van der Waals surface area contributed by atoms with Gasteiger partial charge in [0.15, 0.2) is 11.7 Å². The molecule has 4 rings (SSSR count). The van der Waals surface area contributed by atoms with Crippen LogP contribution in [0.15, 0.2) is 35.0 Å². The van der Waals surface area contributed by atoms with Crippen molar-refractivity contribution in [1.82, 2.24) is 19.9 Å². The molecule has 0 unspecified atom stereocenters. The van der Waals surface area contributed by atoms with Crippen LogP contribution in [-0.4, -0.2) is 45.5 Å². The molecule has 0 saturated carbocycles. The molecule has 1 amide bonds. The number of piperidine rings is 1. The molecular weight excluding hydrogens is 371 g/mol. The van der Waals surface area contributed by atoms with E-state index in [9.17, 15) is 9.18 Å². The van der Waals surface area contributed by atoms with E-state index < -0.39 is 0 Å². The van der Waals surface area contributed by atoms with Gasteiger partial charge in [0, 0.05) is 31.6 Å². The van der Waals surface area contributed by atoms with Crippen molar-refractivity contribution in [3.05, 3.63) is 42.2 Å². The fourth-order valence-electron chi connectivity index (χ4n) is 3.88. The van der Waals surface area contributed by atoms with Gasteiger partial charge in [0.05, 0.1) is 30.5 Å². The highest BCUT2D eigenvalue weighted by Crippen LogP contribution is 2.24. The number of aromatic nitrogens is 3. The Labute approximate surface area is 169 Å². The average molecular weight is 396 g/mol. The van der Waals surface area contributed by atoms with Gasteiger partial charge in [-0.3, -0.25) is 14.2 Å². The van der Waals surface area contributed by atoms with Gasteiger partial charge in [-0.2, -0.15) is 0 Å². The van der Waals surface area contributed by atoms with Crippen LogP contribution in [0.1, 0.15) is 37.3 Å². The Morgan fingerprint density at radius 1 is 1.24 bits per heavy atom. The quantitative estimate of drug-likeness (QED) is 0.627. The van der Waals surface area contributed by atoms with E-state index in [-0.39, 0.29) is 19.0 Å². The number of nitrogens with zero attached hydrogens (tertiary/aromatic N) is 4. The van der Waals surface area contributed by atoms with Crippen LogP contribution in [0.3, 0.4) is 0 Å². The maximum absolute atomic E-state index is 12.7. The standard InChI is InChI=1S/C22H25FN4O2/c1-15-24-14-21(29-15)19-5-4-17-13-25-18(11-20(17)26-19)12-22(28)27-9-6-16(7-10-27)3-2-8-23/h4-5,11,13-14,16H,2-3,6-10,12H2,1H3. The minimum Gasteiger partial charge on any atom is -0.439 e. The Morgan fingerprint density at radius 2 is 2.07 bits per heavy atom. The summed E-state index contributed by atoms with van der Waals surface area (Å²) in [5, 5.41) is 0.912. The summed E-state index contributed by atoms with van der Waals surface area (Å²) in [6.07, 6.45) is 7.14. The first kappa shape index (κ1) is 19.5. The van der Waals surface area contributed by atoms with E-state index in [2.05, 4.69) is 15.0 Å². The number of hydrogen-bond donors (Lipinski definition) is 0. The number of amides is 1. The number of likely N-dealkylation sites (tertiary alicyclic amines) is 1. The van der Waals surface area contributed by atoms with Crippen molar-refractivity contribution >= 4 is 16.8 Å². The van der Waals surface area contributed by atoms with E-state index in [0.717, 1.165) is 43.3 Å². The summed E-state index contributed by atoms with van der Waals surface area (Å²) in [7, 11) is 0. The molecule has 152 valence electrons. The fraction of sp³-hybridized carbons (Fsp3) is 0.455. The SMILES string of the molecule is Cc1ncc(-c2ccc3cnc(CC(=O)N4CCC(CCCF)CC4)cc3n2)o1. The van der Waals surface area contributed by atoms with E-state index >= 15 is 0 Å². The summed E-state index contributed by atoms with van der Waals surface area (Å²) in [5.74, 6) is 1.84. The van der Waals surface area contributed by atoms with Crippen LogP contribution in [0.4, 0.5) is 4.39 Å². The van der Waals surface area contributed by atoms with Crippen molar-refractivity contribution in [1.29, 1.82) is 0 Å². The number of carbonyl (C=O) groups is 1. The molecular formula is C22H25FN4O2. The summed E-state index contributed by atoms with van der Waals surface area (Å²) in [4.78, 5) is 27.8. The van der Waals surface area contributed by atoms with Crippen molar-refractivity contribution in [2.75, 3.05) is 19.8 Å². The normalized spacial score (nSPS) is 15.2. The first-order valence-corrected chi connectivity index (χ1v) is 10.1. The summed E-state index contributed by atoms with van der Waals surface area (Å²) in [5.41, 5.74) is 2.19. The molecule has 3 aromatic heterocycles. The minimum absolute atomic E-state index is 0.0859. The Bertz CT molecular complexity index is 995. The van der Waals surface area contributed by atoms with Crippen LogP contribution in [0.2, 0.25) is 0 Å². The third-order valence-corrected chi connectivity index (χ3v) is 5.55. The molecule has 0 N–H and O–H groups in total. The maximum Gasteiger partial charge on any atom is 0.228 e. The van der Waals surface area contributed by atoms with E-state index in [1.165, 1.54) is 0 Å². The minimum atomic E-state index is -0.251. The van der Waals surface area contributed by atoms with Crippen LogP contribution in [0.5, 0.6) is 0 Å². The molecule has 0 aromatic carbocycles. The summed E-state index contributed by atoms with van der Waals surface area (Å²) in [6, 6.07) is 5.69. The number of aryl methyl sites for hydroxylation is 1. The Balaban J connectivity index is 1.43. The van der Waals surface area contributed by atoms with Crippen molar-refractivity contribution in [2.24, 2.45) is 5.92 Å². The predicted molar refractivity (Wildman–Crippen MR) is 108 cm³/mol. The molecule has 1 saturated heterocycles. The van der Waals surface area contributed by atoms with Crippen LogP contribution < -0.4 is 0 Å². The van der Waals surface area contributed by atoms with E-state index in [1.54, 1.807) is 19.3 Å². The largest absolute Gasteiger partial charge is 0.439 e. The van der Waals surface area contributed by atoms with Crippen LogP contribution in [-0.2, 0) is 11.2 Å². The molecule has 1 aliphatic rings. The fourth-order valence-corrected chi connectivity index (χ4v) is 3.88. The van der Waals surface area contributed by atoms with Crippen LogP contribution >= 0.6 is 0 Å². The van der Waals surface area contributed by atoms with E-state index in [4.69, 9.17) is 4.42 Å². The third kappa shape index (κ3) is 4.60. The van der Waals surface area contributed by atoms with Crippen LogP contribution in [0.25, 0.3) is 22.4 Å². The lowest BCUT2D eigenvalue weighted by atomic mass is 9.92. The van der Waals surface area contributed by atoms with Gasteiger partial charge in [0.25, 0.3) is 0 Å². The van der Waals surface area contributed by atoms with Gasteiger partial charge >= 0.3 is 0 Å². The predicted octanol–water partition coefficient (Wildman–Crippen LogP) is 4.12. The van der Waals surface area contributed by atoms with E-state index in [1.807, 2.05) is 23.1 Å². The third-order valence-electron chi connectivity index (χ3n) is 5.55. The molecule has 0 aliphatic carbocycles. The number of halogens is 1. The molecule has 4 heterocycles. The summed E-state index contributed by atoms with van der Waals surface area (Å²) in [6.45, 7) is 3.04. The Kier molecular flexibility index (Phi) is 5.83. The highest BCUT2D eigenvalue weighted by Gasteiger charge is 2.23. The molecule has 0 spiro atoms. The first-order chi connectivity index (χ1) is 14.1. The summed E-state index contributed by atoms with van der Waals surface area (Å²) < 4.78 is 17.9. The first-order valence-electron chi connectivity index (χ1n) is 10.1. The Morgan fingerprint density at radius 3 is 2.79 bits per heavy atom. The second kappa shape index (κ2) is 8.68. The second-order valence-corrected chi connectivity index (χ2v) is 7.64. The van der Waals surface area contributed by atoms with E-state index in [0.29, 0.717) is 35.4 Å². The van der Waals surface area contributed by atoms with Crippen LogP contribution in [0, 0.1) is 12.8 Å². The summed E-state index contributed by atoms with van der Waals surface area (Å²) >= 11 is 0. The number of alkyl halides is 1. The number of carbonyl (C=O) groups excluding carboxylic acids is 1. The topological polar surface area (TPSA) is 72.1 Å². The second-order valence-electron chi connectivity index (χ2n) is 7.64. The molecule has 29 heavy (non-hydrogen) atoms. The van der Waals surface area contributed by atoms with Crippen molar-refractivity contribution < 1.29 is 13.6 Å². The highest BCUT2D eigenvalue weighted by atomic mass is 19.1. The van der Waals surface area contributed by atoms with Gasteiger partial charge in [-0.05, 0) is 49.8 Å². The van der Waals surface area contributed by atoms with Gasteiger partial charge in [-0.1, -0.05) is 0 Å². The monoisotopic (exact) mass is 396 g/mol. The van der Waals surface area contributed by atoms with Crippen molar-refractivity contribution in [2.45, 2.75) is 39.0 Å². The van der Waals surface area contributed by atoms with Crippen molar-refractivity contribution in [3.8, 4) is 11.5 Å². The molecule has 0 atom stereocenters. The van der Waals surface area contributed by atoms with Gasteiger partial charge < -0.3 is 9.32 Å². The highest BCUT2D eigenvalue weighted by molar-refractivity contribution is 5.83. The number of fused-ring (bicyclic) bond motifs is 1. The van der Waals surface area contributed by atoms with Gasteiger partial charge in [0.1, 0.15) is 5.69 Å². The molecule has 0 bridgehead atoms. The molecule has 6 nitrogen and oxygen atoms in total. The number of pyridine rings is 2. The van der Waals surface area contributed by atoms with Gasteiger partial charge in [-0.25, -0.2) is 9.97 Å².